The minimum atomic E-state index is -3.61. The van der Waals surface area contributed by atoms with Gasteiger partial charge in [-0.15, -0.1) is 0 Å². The van der Waals surface area contributed by atoms with Gasteiger partial charge in [0.1, 0.15) is 22.9 Å². The molecule has 3 N–H and O–H groups in total. The number of hydrogen-bond donors (Lipinski definition) is 2. The van der Waals surface area contributed by atoms with E-state index < -0.39 is 40.9 Å². The van der Waals surface area contributed by atoms with Crippen molar-refractivity contribution in [2.45, 2.75) is 50.5 Å². The highest BCUT2D eigenvalue weighted by Gasteiger charge is 2.42. The fourth-order valence-corrected chi connectivity index (χ4v) is 5.94. The maximum Gasteiger partial charge on any atom is 0.289 e. The van der Waals surface area contributed by atoms with E-state index in [2.05, 4.69) is 11.6 Å². The largest absolute Gasteiger partial charge is 0.506 e. The molecule has 4 heterocycles. The topological polar surface area (TPSA) is 118 Å². The molecule has 220 valence electrons. The molecule has 13 heteroatoms. The fourth-order valence-electron chi connectivity index (χ4n) is 5.94. The second kappa shape index (κ2) is 9.85. The predicted octanol–water partition coefficient (Wildman–Crippen LogP) is 4.13. The summed E-state index contributed by atoms with van der Waals surface area (Å²) < 4.78 is 59.0. The number of amides is 2. The number of carbonyl (C=O) groups is 2. The van der Waals surface area contributed by atoms with E-state index in [1.807, 2.05) is 0 Å². The number of nitrogens with two attached hydrogens (primary N) is 1. The number of pyridine rings is 1. The standard InChI is InChI=1S/C29H28F4N6O3/c1-3-23(41)37-8-6-18-24-19(39(36-18)20-11-17(30)15(10-22(20)40)14-4-5-14)7-9-38(21(24)13-37)28(42)16-12-35-27(29(2,32)33)25(31)26(16)34/h3,10-12,14,21,40H,1,4-9,13H2,2H3,(H2,34,35). The lowest BCUT2D eigenvalue weighted by molar-refractivity contribution is -0.126. The summed E-state index contributed by atoms with van der Waals surface area (Å²) in [6.45, 7) is 4.35. The van der Waals surface area contributed by atoms with Gasteiger partial charge in [-0.05, 0) is 36.5 Å². The molecule has 1 fully saturated rings. The summed E-state index contributed by atoms with van der Waals surface area (Å²) in [4.78, 5) is 32.8. The van der Waals surface area contributed by atoms with E-state index in [-0.39, 0.29) is 54.9 Å². The number of nitrogens with zero attached hydrogens (tertiary/aromatic N) is 5. The molecular weight excluding hydrogens is 556 g/mol. The SMILES string of the molecule is C=CC(=O)N1CCc2nn(-c3cc(F)c(C4CC4)cc3O)c3c2C(C1)N(C(=O)c1cnc(C(C)(F)F)c(F)c1N)CC3. The Morgan fingerprint density at radius 3 is 2.60 bits per heavy atom. The Kier molecular flexibility index (Phi) is 6.50. The zero-order valence-electron chi connectivity index (χ0n) is 22.7. The molecule has 9 nitrogen and oxygen atoms in total. The van der Waals surface area contributed by atoms with E-state index >= 15 is 4.39 Å². The molecule has 0 bridgehead atoms. The number of phenols is 1. The van der Waals surface area contributed by atoms with Crippen molar-refractivity contribution >= 4 is 17.5 Å². The first-order chi connectivity index (χ1) is 19.9. The van der Waals surface area contributed by atoms with Crippen molar-refractivity contribution in [1.82, 2.24) is 24.6 Å². The third kappa shape index (κ3) is 4.47. The number of nitrogen functional groups attached to an aromatic ring is 1. The summed E-state index contributed by atoms with van der Waals surface area (Å²) in [5.41, 5.74) is 5.91. The van der Waals surface area contributed by atoms with Crippen LogP contribution in [0.1, 0.15) is 70.3 Å². The van der Waals surface area contributed by atoms with Crippen LogP contribution in [0.2, 0.25) is 0 Å². The van der Waals surface area contributed by atoms with Gasteiger partial charge in [0.15, 0.2) is 5.82 Å². The van der Waals surface area contributed by atoms with Crippen LogP contribution in [0.25, 0.3) is 5.69 Å². The minimum absolute atomic E-state index is 0.0319. The summed E-state index contributed by atoms with van der Waals surface area (Å²) in [6.07, 6.45) is 4.22. The van der Waals surface area contributed by atoms with E-state index in [0.29, 0.717) is 35.9 Å². The first-order valence-corrected chi connectivity index (χ1v) is 13.6. The van der Waals surface area contributed by atoms with E-state index in [0.717, 1.165) is 25.1 Å². The third-order valence-electron chi connectivity index (χ3n) is 8.20. The second-order valence-corrected chi connectivity index (χ2v) is 11.0. The Morgan fingerprint density at radius 2 is 1.93 bits per heavy atom. The van der Waals surface area contributed by atoms with Gasteiger partial charge in [0, 0.05) is 57.2 Å². The molecule has 1 unspecified atom stereocenters. The van der Waals surface area contributed by atoms with Gasteiger partial charge < -0.3 is 20.6 Å². The second-order valence-electron chi connectivity index (χ2n) is 11.0. The number of anilines is 1. The number of alkyl halides is 2. The van der Waals surface area contributed by atoms with Crippen LogP contribution < -0.4 is 5.73 Å². The van der Waals surface area contributed by atoms with Crippen molar-refractivity contribution < 1.29 is 32.3 Å². The van der Waals surface area contributed by atoms with Crippen LogP contribution in [0.15, 0.2) is 31.0 Å². The number of phenolic OH excluding ortho intramolecular Hbond substituents is 1. The van der Waals surface area contributed by atoms with Gasteiger partial charge in [-0.1, -0.05) is 6.58 Å². The first kappa shape index (κ1) is 27.7. The maximum absolute atomic E-state index is 15.0. The van der Waals surface area contributed by atoms with Gasteiger partial charge in [-0.3, -0.25) is 14.6 Å². The third-order valence-corrected chi connectivity index (χ3v) is 8.20. The molecule has 0 radical (unpaired) electrons. The fraction of sp³-hybridized carbons (Fsp3) is 0.379. The summed E-state index contributed by atoms with van der Waals surface area (Å²) in [5, 5.41) is 15.6. The quantitative estimate of drug-likeness (QED) is 0.344. The first-order valence-electron chi connectivity index (χ1n) is 13.6. The van der Waals surface area contributed by atoms with Crippen LogP contribution in [0.3, 0.4) is 0 Å². The van der Waals surface area contributed by atoms with Crippen molar-refractivity contribution in [3.05, 3.63) is 76.4 Å². The maximum atomic E-state index is 15.0. The highest BCUT2D eigenvalue weighted by Crippen LogP contribution is 2.45. The van der Waals surface area contributed by atoms with Crippen molar-refractivity contribution in [2.75, 3.05) is 25.4 Å². The van der Waals surface area contributed by atoms with E-state index in [1.165, 1.54) is 26.6 Å². The molecular formula is C29H28F4N6O3. The molecule has 42 heavy (non-hydrogen) atoms. The summed E-state index contributed by atoms with van der Waals surface area (Å²) in [5.74, 6) is -6.71. The van der Waals surface area contributed by atoms with Crippen LogP contribution in [0, 0.1) is 11.6 Å². The molecule has 0 spiro atoms. The number of carbonyl (C=O) groups excluding carboxylic acids is 2. The molecule has 2 amide bonds. The smallest absolute Gasteiger partial charge is 0.289 e. The lowest BCUT2D eigenvalue weighted by atomic mass is 9.94. The van der Waals surface area contributed by atoms with Crippen LogP contribution in [-0.2, 0) is 23.6 Å². The van der Waals surface area contributed by atoms with Gasteiger partial charge in [-0.25, -0.2) is 13.5 Å². The average molecular weight is 585 g/mol. The molecule has 6 rings (SSSR count). The molecule has 1 aliphatic carbocycles. The number of aromatic hydroxyl groups is 1. The highest BCUT2D eigenvalue weighted by molar-refractivity contribution is 5.99. The molecule has 0 saturated heterocycles. The van der Waals surface area contributed by atoms with Gasteiger partial charge in [0.05, 0.1) is 28.7 Å². The normalized spacial score (nSPS) is 18.5. The minimum Gasteiger partial charge on any atom is -0.506 e. The Hall–Kier alpha value is -4.42. The Labute approximate surface area is 238 Å². The van der Waals surface area contributed by atoms with Gasteiger partial charge in [0.2, 0.25) is 5.91 Å². The lowest BCUT2D eigenvalue weighted by Gasteiger charge is -2.38. The lowest BCUT2D eigenvalue weighted by Crippen LogP contribution is -2.46. The molecule has 2 aliphatic heterocycles. The number of rotatable bonds is 5. The molecule has 1 atom stereocenters. The number of hydrogen-bond acceptors (Lipinski definition) is 6. The molecule has 1 saturated carbocycles. The number of halogens is 4. The van der Waals surface area contributed by atoms with Gasteiger partial charge in [-0.2, -0.15) is 13.9 Å². The summed E-state index contributed by atoms with van der Waals surface area (Å²) >= 11 is 0. The number of aromatic nitrogens is 3. The zero-order chi connectivity index (χ0) is 30.1. The Bertz CT molecular complexity index is 1650. The van der Waals surface area contributed by atoms with Gasteiger partial charge >= 0.3 is 0 Å². The predicted molar refractivity (Wildman–Crippen MR) is 143 cm³/mol. The Morgan fingerprint density at radius 1 is 1.19 bits per heavy atom. The summed E-state index contributed by atoms with van der Waals surface area (Å²) in [6, 6.07) is 1.89. The number of benzene rings is 1. The monoisotopic (exact) mass is 584 g/mol. The average Bonchev–Trinajstić information content (AvgIpc) is 3.75. The molecule has 1 aromatic carbocycles. The molecule has 2 aromatic heterocycles. The van der Waals surface area contributed by atoms with E-state index in [4.69, 9.17) is 10.8 Å². The summed E-state index contributed by atoms with van der Waals surface area (Å²) in [7, 11) is 0. The van der Waals surface area contributed by atoms with Crippen molar-refractivity contribution in [3.63, 3.8) is 0 Å². The van der Waals surface area contributed by atoms with E-state index in [1.54, 1.807) is 0 Å². The van der Waals surface area contributed by atoms with Crippen LogP contribution in [0.5, 0.6) is 5.75 Å². The molecule has 3 aliphatic rings. The Balaban J connectivity index is 1.44. The van der Waals surface area contributed by atoms with Crippen LogP contribution >= 0.6 is 0 Å². The highest BCUT2D eigenvalue weighted by atomic mass is 19.3. The zero-order valence-corrected chi connectivity index (χ0v) is 22.7. The van der Waals surface area contributed by atoms with Crippen LogP contribution in [-0.4, -0.2) is 61.1 Å². The molecule has 3 aromatic rings. The van der Waals surface area contributed by atoms with Crippen molar-refractivity contribution in [2.24, 2.45) is 0 Å². The van der Waals surface area contributed by atoms with Crippen molar-refractivity contribution in [1.29, 1.82) is 0 Å². The van der Waals surface area contributed by atoms with Crippen molar-refractivity contribution in [3.8, 4) is 11.4 Å². The van der Waals surface area contributed by atoms with Gasteiger partial charge in [0.25, 0.3) is 11.8 Å². The van der Waals surface area contributed by atoms with E-state index in [9.17, 15) is 27.9 Å². The van der Waals surface area contributed by atoms with Crippen LogP contribution in [0.4, 0.5) is 23.2 Å².